The highest BCUT2D eigenvalue weighted by atomic mass is 35.5. The summed E-state index contributed by atoms with van der Waals surface area (Å²) in [5.41, 5.74) is -0.765. The van der Waals surface area contributed by atoms with E-state index in [2.05, 4.69) is 0 Å². The van der Waals surface area contributed by atoms with Crippen molar-refractivity contribution in [2.45, 2.75) is 18.9 Å². The number of carbonyl (C=O) groups is 2. The lowest BCUT2D eigenvalue weighted by Crippen LogP contribution is -2.43. The number of benzene rings is 2. The van der Waals surface area contributed by atoms with Crippen molar-refractivity contribution in [2.75, 3.05) is 18.1 Å². The Hall–Kier alpha value is -2.37. The molecule has 3 rings (SSSR count). The first-order valence-corrected chi connectivity index (χ1v) is 8.32. The molecule has 0 unspecified atom stereocenters. The Morgan fingerprint density at radius 2 is 1.88 bits per heavy atom. The van der Waals surface area contributed by atoms with Gasteiger partial charge in [-0.05, 0) is 25.1 Å². The second kappa shape index (κ2) is 6.86. The minimum absolute atomic E-state index is 0.208. The Morgan fingerprint density at radius 1 is 1.20 bits per heavy atom. The van der Waals surface area contributed by atoms with Crippen molar-refractivity contribution in [1.29, 1.82) is 0 Å². The van der Waals surface area contributed by atoms with Crippen LogP contribution in [0.2, 0.25) is 5.02 Å². The van der Waals surface area contributed by atoms with Gasteiger partial charge in [-0.2, -0.15) is 0 Å². The van der Waals surface area contributed by atoms with Gasteiger partial charge in [0.25, 0.3) is 5.91 Å². The van der Waals surface area contributed by atoms with Gasteiger partial charge in [-0.25, -0.2) is 0 Å². The maximum absolute atomic E-state index is 12.8. The van der Waals surface area contributed by atoms with Crippen LogP contribution in [-0.2, 0) is 15.2 Å². The molecule has 130 valence electrons. The molecule has 0 fully saturated rings. The molecule has 0 bridgehead atoms. The molecule has 2 aromatic carbocycles. The third-order valence-corrected chi connectivity index (χ3v) is 4.47. The van der Waals surface area contributed by atoms with Crippen molar-refractivity contribution < 1.29 is 19.4 Å². The number of anilines is 1. The van der Waals surface area contributed by atoms with Crippen LogP contribution < -0.4 is 9.64 Å². The second-order valence-electron chi connectivity index (χ2n) is 5.99. The summed E-state index contributed by atoms with van der Waals surface area (Å²) in [6, 6.07) is 14.0. The van der Waals surface area contributed by atoms with Crippen LogP contribution in [0.15, 0.2) is 48.5 Å². The Bertz CT molecular complexity index is 823. The Balaban J connectivity index is 1.79. The van der Waals surface area contributed by atoms with Gasteiger partial charge >= 0.3 is 0 Å². The van der Waals surface area contributed by atoms with E-state index in [1.54, 1.807) is 42.5 Å². The molecule has 0 spiro atoms. The summed E-state index contributed by atoms with van der Waals surface area (Å²) in [6.45, 7) is 1.80. The number of ether oxygens (including phenoxy) is 1. The van der Waals surface area contributed by atoms with Gasteiger partial charge < -0.3 is 14.7 Å². The van der Waals surface area contributed by atoms with Crippen molar-refractivity contribution in [3.05, 3.63) is 59.1 Å². The molecule has 5 nitrogen and oxygen atoms in total. The van der Waals surface area contributed by atoms with E-state index in [4.69, 9.17) is 16.3 Å². The molecule has 1 N–H and O–H groups in total. The highest BCUT2D eigenvalue weighted by Gasteiger charge is 2.50. The van der Waals surface area contributed by atoms with Crippen LogP contribution in [0.4, 0.5) is 5.69 Å². The number of rotatable bonds is 6. The Labute approximate surface area is 150 Å². The lowest BCUT2D eigenvalue weighted by atomic mass is 9.90. The minimum Gasteiger partial charge on any atom is -0.490 e. The highest BCUT2D eigenvalue weighted by molar-refractivity contribution is 6.32. The molecule has 1 aliphatic rings. The third-order valence-electron chi connectivity index (χ3n) is 4.15. The van der Waals surface area contributed by atoms with E-state index >= 15 is 0 Å². The van der Waals surface area contributed by atoms with E-state index in [1.165, 1.54) is 11.8 Å². The lowest BCUT2D eigenvalue weighted by molar-refractivity contribution is -0.141. The van der Waals surface area contributed by atoms with Crippen molar-refractivity contribution >= 4 is 29.0 Å². The summed E-state index contributed by atoms with van der Waals surface area (Å²) >= 11 is 6.05. The summed E-state index contributed by atoms with van der Waals surface area (Å²) in [6.07, 6.45) is -0.245. The van der Waals surface area contributed by atoms with Crippen molar-refractivity contribution in [3.8, 4) is 5.75 Å². The van der Waals surface area contributed by atoms with Gasteiger partial charge in [-0.15, -0.1) is 0 Å². The van der Waals surface area contributed by atoms with Crippen molar-refractivity contribution in [3.63, 3.8) is 0 Å². The van der Waals surface area contributed by atoms with Gasteiger partial charge in [0, 0.05) is 12.0 Å². The zero-order valence-electron chi connectivity index (χ0n) is 13.7. The standard InChI is InChI=1S/C19H18ClNO4/c1-13(22)12-19(24)14-6-2-4-8-16(14)21(18(19)23)10-11-25-17-9-5-3-7-15(17)20/h2-9,24H,10-12H2,1H3/t19-/m0/s1. The van der Waals surface area contributed by atoms with Crippen LogP contribution >= 0.6 is 11.6 Å². The smallest absolute Gasteiger partial charge is 0.264 e. The fourth-order valence-corrected chi connectivity index (χ4v) is 3.26. The quantitative estimate of drug-likeness (QED) is 0.861. The number of hydrogen-bond donors (Lipinski definition) is 1. The largest absolute Gasteiger partial charge is 0.490 e. The van der Waals surface area contributed by atoms with Crippen LogP contribution in [-0.4, -0.2) is 29.9 Å². The Morgan fingerprint density at radius 3 is 2.60 bits per heavy atom. The van der Waals surface area contributed by atoms with Gasteiger partial charge in [0.2, 0.25) is 0 Å². The van der Waals surface area contributed by atoms with Crippen molar-refractivity contribution in [1.82, 2.24) is 0 Å². The first-order valence-electron chi connectivity index (χ1n) is 7.94. The molecule has 25 heavy (non-hydrogen) atoms. The number of hydrogen-bond acceptors (Lipinski definition) is 4. The zero-order valence-corrected chi connectivity index (χ0v) is 14.5. The number of nitrogens with zero attached hydrogens (tertiary/aromatic N) is 1. The molecule has 2 aromatic rings. The second-order valence-corrected chi connectivity index (χ2v) is 6.40. The molecule has 6 heteroatoms. The minimum atomic E-state index is -1.81. The lowest BCUT2D eigenvalue weighted by Gasteiger charge is -2.22. The molecule has 1 atom stereocenters. The molecule has 0 saturated heterocycles. The van der Waals surface area contributed by atoms with E-state index < -0.39 is 11.5 Å². The number of fused-ring (bicyclic) bond motifs is 1. The highest BCUT2D eigenvalue weighted by Crippen LogP contribution is 2.42. The predicted molar refractivity (Wildman–Crippen MR) is 94.9 cm³/mol. The average Bonchev–Trinajstić information content (AvgIpc) is 2.78. The fourth-order valence-electron chi connectivity index (χ4n) is 3.07. The van der Waals surface area contributed by atoms with Crippen LogP contribution in [0.5, 0.6) is 5.75 Å². The topological polar surface area (TPSA) is 66.8 Å². The van der Waals surface area contributed by atoms with Gasteiger partial charge in [-0.1, -0.05) is 41.9 Å². The van der Waals surface area contributed by atoms with E-state index in [1.807, 2.05) is 6.07 Å². The fraction of sp³-hybridized carbons (Fsp3) is 0.263. The molecule has 1 aliphatic heterocycles. The number of ketones is 1. The molecular formula is C19H18ClNO4. The van der Waals surface area contributed by atoms with Gasteiger partial charge in [0.15, 0.2) is 5.60 Å². The number of halogens is 1. The maximum Gasteiger partial charge on any atom is 0.264 e. The summed E-state index contributed by atoms with van der Waals surface area (Å²) in [4.78, 5) is 25.8. The number of amides is 1. The van der Waals surface area contributed by atoms with E-state index in [0.29, 0.717) is 22.0 Å². The van der Waals surface area contributed by atoms with E-state index in [-0.39, 0.29) is 25.4 Å². The third kappa shape index (κ3) is 3.25. The number of aliphatic hydroxyl groups is 1. The molecule has 0 saturated carbocycles. The number of carbonyl (C=O) groups excluding carboxylic acids is 2. The monoisotopic (exact) mass is 359 g/mol. The van der Waals surface area contributed by atoms with Crippen LogP contribution in [0, 0.1) is 0 Å². The van der Waals surface area contributed by atoms with Crippen LogP contribution in [0.1, 0.15) is 18.9 Å². The SMILES string of the molecule is CC(=O)C[C@@]1(O)C(=O)N(CCOc2ccccc2Cl)c2ccccc21. The van der Waals surface area contributed by atoms with Gasteiger partial charge in [0.05, 0.1) is 17.3 Å². The number of Topliss-reactive ketones (excluding diaryl/α,β-unsaturated/α-hetero) is 1. The van der Waals surface area contributed by atoms with E-state index in [0.717, 1.165) is 0 Å². The molecular weight excluding hydrogens is 342 g/mol. The molecule has 1 heterocycles. The number of para-hydroxylation sites is 2. The molecule has 1 amide bonds. The normalized spacial score (nSPS) is 19.0. The summed E-state index contributed by atoms with van der Waals surface area (Å²) < 4.78 is 5.64. The first kappa shape index (κ1) is 17.5. The van der Waals surface area contributed by atoms with Gasteiger partial charge in [-0.3, -0.25) is 9.59 Å². The summed E-state index contributed by atoms with van der Waals surface area (Å²) in [5, 5.41) is 11.3. The molecule has 0 aromatic heterocycles. The zero-order chi connectivity index (χ0) is 18.0. The predicted octanol–water partition coefficient (Wildman–Crippen LogP) is 2.93. The summed E-state index contributed by atoms with van der Waals surface area (Å²) in [5.74, 6) is -0.227. The van der Waals surface area contributed by atoms with Crippen molar-refractivity contribution in [2.24, 2.45) is 0 Å². The maximum atomic E-state index is 12.8. The Kier molecular flexibility index (Phi) is 4.79. The van der Waals surface area contributed by atoms with Crippen LogP contribution in [0.25, 0.3) is 0 Å². The summed E-state index contributed by atoms with van der Waals surface area (Å²) in [7, 11) is 0. The average molecular weight is 360 g/mol. The first-order chi connectivity index (χ1) is 11.9. The van der Waals surface area contributed by atoms with Gasteiger partial charge in [0.1, 0.15) is 18.1 Å². The molecule has 0 radical (unpaired) electrons. The van der Waals surface area contributed by atoms with E-state index in [9.17, 15) is 14.7 Å². The molecule has 0 aliphatic carbocycles. The van der Waals surface area contributed by atoms with Crippen LogP contribution in [0.3, 0.4) is 0 Å².